The number of rotatable bonds is 16. The summed E-state index contributed by atoms with van der Waals surface area (Å²) in [6, 6.07) is 48.4. The normalized spacial score (nSPS) is 10.9. The van der Waals surface area contributed by atoms with Crippen LogP contribution in [0.3, 0.4) is 0 Å². The summed E-state index contributed by atoms with van der Waals surface area (Å²) < 4.78 is 54.4. The number of fused-ring (bicyclic) bond motifs is 4. The van der Waals surface area contributed by atoms with Gasteiger partial charge in [0.05, 0.1) is 63.6 Å². The number of amides is 4. The number of nitrogens with zero attached hydrogens (tertiary/aromatic N) is 12. The van der Waals surface area contributed by atoms with Gasteiger partial charge in [0.15, 0.2) is 11.6 Å². The summed E-state index contributed by atoms with van der Waals surface area (Å²) in [5.41, 5.74) is 18.6. The largest absolute Gasteiger partial charge is 0.497 e. The molecule has 4 amide bonds. The lowest BCUT2D eigenvalue weighted by Crippen LogP contribution is -2.14. The molecule has 0 aliphatic rings. The molecular formula is C88H78F2N16O8. The number of carbonyl (C=O) groups is 4. The van der Waals surface area contributed by atoms with E-state index in [2.05, 4.69) is 61.1 Å². The number of ether oxygens (including phenoxy) is 4. The summed E-state index contributed by atoms with van der Waals surface area (Å²) in [7, 11) is 6.35. The van der Waals surface area contributed by atoms with Crippen LogP contribution in [0.1, 0.15) is 85.9 Å². The maximum Gasteiger partial charge on any atom is 0.256 e. The van der Waals surface area contributed by atoms with Gasteiger partial charge in [-0.3, -0.25) is 36.8 Å². The monoisotopic (exact) mass is 1520 g/mol. The first-order valence-electron chi connectivity index (χ1n) is 35.9. The molecule has 4 N–H and O–H groups in total. The number of benzene rings is 8. The Kier molecular flexibility index (Phi) is 23.1. The zero-order valence-electron chi connectivity index (χ0n) is 64.3. The van der Waals surface area contributed by atoms with Crippen molar-refractivity contribution >= 4 is 69.5 Å². The van der Waals surface area contributed by atoms with Crippen molar-refractivity contribution in [2.75, 3.05) is 49.7 Å². The minimum atomic E-state index is -0.438. The van der Waals surface area contributed by atoms with Crippen LogP contribution in [0.2, 0.25) is 0 Å². The van der Waals surface area contributed by atoms with Crippen molar-refractivity contribution in [1.29, 1.82) is 0 Å². The molecule has 24 nitrogen and oxygen atoms in total. The molecule has 0 saturated heterocycles. The molecule has 114 heavy (non-hydrogen) atoms. The SMILES string of the molecule is COc1ccc(C(=O)Nc2cc(-c3cn4cc(F)cnc4n3)ccc2C)c(C)c1.COc1ccc(C(=O)Nc2cc(-c3cn4cccnc4n3)ccc2C)c(C)c1.COc1ccc(C)c(C(=O)Nc2cc(-c3cn4cc(F)cnc4n3)ccc2C)c1.COc1ccc(C)c(C(=O)Nc2cc(-c3cn4cccnc4n3)ccc2C)c1. The van der Waals surface area contributed by atoms with E-state index in [1.807, 2.05) is 210 Å². The van der Waals surface area contributed by atoms with Gasteiger partial charge >= 0.3 is 0 Å². The van der Waals surface area contributed by atoms with Gasteiger partial charge in [0.1, 0.15) is 23.0 Å². The molecule has 8 aromatic carbocycles. The summed E-state index contributed by atoms with van der Waals surface area (Å²) in [5.74, 6) is 3.15. The Hall–Kier alpha value is -14.8. The maximum absolute atomic E-state index is 13.4. The fourth-order valence-corrected chi connectivity index (χ4v) is 12.3. The van der Waals surface area contributed by atoms with Crippen LogP contribution in [0.5, 0.6) is 23.0 Å². The summed E-state index contributed by atoms with van der Waals surface area (Å²) in [4.78, 5) is 85.7. The second-order valence-corrected chi connectivity index (χ2v) is 26.8. The van der Waals surface area contributed by atoms with Crippen molar-refractivity contribution in [2.24, 2.45) is 0 Å². The molecule has 572 valence electrons. The van der Waals surface area contributed by atoms with E-state index < -0.39 is 11.6 Å². The Morgan fingerprint density at radius 2 is 0.588 bits per heavy atom. The fraction of sp³-hybridized carbons (Fsp3) is 0.136. The molecule has 0 atom stereocenters. The van der Waals surface area contributed by atoms with E-state index in [1.54, 1.807) is 89.6 Å². The summed E-state index contributed by atoms with van der Waals surface area (Å²) in [6.07, 6.45) is 19.4. The highest BCUT2D eigenvalue weighted by Crippen LogP contribution is 2.33. The topological polar surface area (TPSA) is 274 Å². The van der Waals surface area contributed by atoms with Gasteiger partial charge < -0.3 is 40.2 Å². The van der Waals surface area contributed by atoms with Crippen molar-refractivity contribution < 1.29 is 46.9 Å². The van der Waals surface area contributed by atoms with E-state index >= 15 is 0 Å². The first-order chi connectivity index (χ1) is 55.0. The molecule has 0 radical (unpaired) electrons. The Balaban J connectivity index is 0.000000133. The Morgan fingerprint density at radius 3 is 0.895 bits per heavy atom. The van der Waals surface area contributed by atoms with Crippen LogP contribution in [0.4, 0.5) is 31.5 Å². The highest BCUT2D eigenvalue weighted by Gasteiger charge is 2.20. The van der Waals surface area contributed by atoms with Gasteiger partial charge in [-0.25, -0.2) is 48.7 Å². The van der Waals surface area contributed by atoms with Crippen LogP contribution in [0.25, 0.3) is 68.1 Å². The second-order valence-electron chi connectivity index (χ2n) is 26.8. The van der Waals surface area contributed by atoms with Crippen LogP contribution in [0.15, 0.2) is 232 Å². The third kappa shape index (κ3) is 17.7. The number of imidazole rings is 4. The van der Waals surface area contributed by atoms with Gasteiger partial charge in [-0.1, -0.05) is 60.7 Å². The van der Waals surface area contributed by atoms with Crippen LogP contribution >= 0.6 is 0 Å². The van der Waals surface area contributed by atoms with Crippen molar-refractivity contribution in [2.45, 2.75) is 55.4 Å². The predicted molar refractivity (Wildman–Crippen MR) is 435 cm³/mol. The average molecular weight is 1530 g/mol. The number of anilines is 4. The van der Waals surface area contributed by atoms with Gasteiger partial charge in [-0.05, 0) is 197 Å². The molecule has 0 unspecified atom stereocenters. The highest BCUT2D eigenvalue weighted by atomic mass is 19.1. The highest BCUT2D eigenvalue weighted by molar-refractivity contribution is 6.08. The molecule has 0 fully saturated rings. The van der Waals surface area contributed by atoms with Crippen LogP contribution < -0.4 is 40.2 Å². The minimum absolute atomic E-state index is 0.155. The average Bonchev–Trinajstić information content (AvgIpc) is 1.02. The van der Waals surface area contributed by atoms with E-state index in [0.29, 0.717) is 85.4 Å². The third-order valence-corrected chi connectivity index (χ3v) is 18.9. The standard InChI is InChI=1S/2C22H19FN4O2.2C22H20N4O2/c1-13-5-7-17(29-3)9-18(13)21(28)25-19-8-15(6-4-14(19)2)20-12-27-11-16(23)10-24-22(27)26-20;1-13-4-5-15(20-12-27-11-16(23)10-24-22(27)26-20)9-19(13)25-21(28)18-7-6-17(29-3)8-14(18)2;1-14-6-8-17(28-3)12-18(14)21(27)24-19-11-16(7-5-15(19)2)20-13-26-10-4-9-23-22(26)25-20;1-14-5-6-16(20-13-26-10-4-9-23-22(26)25-20)12-19(14)24-21(27)18-8-7-17(28-3)11-15(18)2/h2*4-12H,1-3H3,(H,25,28);2*4-13H,1-3H3,(H,24,27). The number of hydrogen-bond donors (Lipinski definition) is 4. The molecule has 8 heterocycles. The van der Waals surface area contributed by atoms with E-state index in [0.717, 1.165) is 108 Å². The zero-order valence-corrected chi connectivity index (χ0v) is 64.3. The van der Waals surface area contributed by atoms with Crippen molar-refractivity contribution in [3.05, 3.63) is 310 Å². The molecule has 26 heteroatoms. The number of aryl methyl sites for hydroxylation is 8. The lowest BCUT2D eigenvalue weighted by Gasteiger charge is -2.12. The van der Waals surface area contributed by atoms with Crippen LogP contribution in [-0.2, 0) is 0 Å². The molecule has 16 aromatic rings. The van der Waals surface area contributed by atoms with E-state index in [1.165, 1.54) is 21.2 Å². The van der Waals surface area contributed by atoms with Crippen LogP contribution in [0, 0.1) is 67.0 Å². The fourth-order valence-electron chi connectivity index (χ4n) is 12.3. The maximum atomic E-state index is 13.4. The third-order valence-electron chi connectivity index (χ3n) is 18.9. The summed E-state index contributed by atoms with van der Waals surface area (Å²) in [6.45, 7) is 15.3. The van der Waals surface area contributed by atoms with Crippen LogP contribution in [-0.4, -0.2) is 110 Å². The Labute approximate surface area is 654 Å². The Bertz CT molecular complexity index is 6280. The van der Waals surface area contributed by atoms with Gasteiger partial charge in [0.25, 0.3) is 23.6 Å². The van der Waals surface area contributed by atoms with E-state index in [4.69, 9.17) is 18.9 Å². The first-order valence-corrected chi connectivity index (χ1v) is 35.9. The van der Waals surface area contributed by atoms with Crippen molar-refractivity contribution in [3.63, 3.8) is 0 Å². The van der Waals surface area contributed by atoms with Gasteiger partial charge in [-0.15, -0.1) is 0 Å². The van der Waals surface area contributed by atoms with Gasteiger partial charge in [0, 0.05) is 129 Å². The predicted octanol–water partition coefficient (Wildman–Crippen LogP) is 17.4. The van der Waals surface area contributed by atoms with Crippen molar-refractivity contribution in [1.82, 2.24) is 57.5 Å². The number of hydrogen-bond acceptors (Lipinski definition) is 16. The van der Waals surface area contributed by atoms with Crippen molar-refractivity contribution in [3.8, 4) is 68.0 Å². The number of halogens is 2. The lowest BCUT2D eigenvalue weighted by molar-refractivity contribution is 0.101. The quantitative estimate of drug-likeness (QED) is 0.0700. The number of aromatic nitrogens is 12. The molecule has 0 spiro atoms. The molecule has 0 bridgehead atoms. The molecule has 0 aliphatic heterocycles. The lowest BCUT2D eigenvalue weighted by atomic mass is 10.1. The van der Waals surface area contributed by atoms with E-state index in [-0.39, 0.29) is 23.6 Å². The molecular weight excluding hydrogens is 1450 g/mol. The first kappa shape index (κ1) is 77.3. The summed E-state index contributed by atoms with van der Waals surface area (Å²) in [5, 5.41) is 12.0. The number of carbonyl (C=O) groups excluding carboxylic acids is 4. The second kappa shape index (κ2) is 34.0. The summed E-state index contributed by atoms with van der Waals surface area (Å²) >= 11 is 0. The molecule has 0 aliphatic carbocycles. The Morgan fingerprint density at radius 1 is 0.307 bits per heavy atom. The zero-order chi connectivity index (χ0) is 80.4. The molecule has 8 aromatic heterocycles. The number of nitrogens with one attached hydrogen (secondary N) is 4. The number of methoxy groups -OCH3 is 4. The molecule has 16 rings (SSSR count). The van der Waals surface area contributed by atoms with E-state index in [9.17, 15) is 28.0 Å². The van der Waals surface area contributed by atoms with Gasteiger partial charge in [0.2, 0.25) is 23.1 Å². The molecule has 0 saturated carbocycles. The smallest absolute Gasteiger partial charge is 0.256 e. The minimum Gasteiger partial charge on any atom is -0.497 e. The van der Waals surface area contributed by atoms with Gasteiger partial charge in [-0.2, -0.15) is 0 Å².